The van der Waals surface area contributed by atoms with E-state index in [4.69, 9.17) is 12.2 Å². The fourth-order valence-corrected chi connectivity index (χ4v) is 1.31. The highest BCUT2D eigenvalue weighted by atomic mass is 19.2. The van der Waals surface area contributed by atoms with Crippen molar-refractivity contribution in [1.82, 2.24) is 5.32 Å². The molecule has 0 aliphatic rings. The van der Waals surface area contributed by atoms with Crippen LogP contribution >= 0.6 is 0 Å². The Labute approximate surface area is 91.6 Å². The zero-order valence-corrected chi connectivity index (χ0v) is 8.43. The molecule has 0 saturated carbocycles. The topological polar surface area (TPSA) is 38.0 Å². The SMILES string of the molecule is C#CCNC(CN)c1cc(F)c(F)cc1F. The van der Waals surface area contributed by atoms with E-state index in [1.165, 1.54) is 0 Å². The number of halogens is 3. The van der Waals surface area contributed by atoms with Gasteiger partial charge in [0.2, 0.25) is 0 Å². The van der Waals surface area contributed by atoms with Crippen molar-refractivity contribution >= 4 is 0 Å². The summed E-state index contributed by atoms with van der Waals surface area (Å²) in [7, 11) is 0. The monoisotopic (exact) mass is 228 g/mol. The van der Waals surface area contributed by atoms with Gasteiger partial charge < -0.3 is 5.73 Å². The molecule has 16 heavy (non-hydrogen) atoms. The van der Waals surface area contributed by atoms with Gasteiger partial charge in [-0.1, -0.05) is 5.92 Å². The Morgan fingerprint density at radius 2 is 1.88 bits per heavy atom. The van der Waals surface area contributed by atoms with Crippen molar-refractivity contribution in [2.75, 3.05) is 13.1 Å². The van der Waals surface area contributed by atoms with Gasteiger partial charge in [0.1, 0.15) is 5.82 Å². The molecule has 0 aliphatic heterocycles. The predicted molar refractivity (Wildman–Crippen MR) is 54.9 cm³/mol. The van der Waals surface area contributed by atoms with Gasteiger partial charge in [0.25, 0.3) is 0 Å². The van der Waals surface area contributed by atoms with E-state index in [2.05, 4.69) is 11.2 Å². The normalized spacial score (nSPS) is 12.2. The van der Waals surface area contributed by atoms with Gasteiger partial charge in [-0.2, -0.15) is 0 Å². The van der Waals surface area contributed by atoms with E-state index in [-0.39, 0.29) is 18.7 Å². The number of hydrogen-bond acceptors (Lipinski definition) is 2. The van der Waals surface area contributed by atoms with Crippen LogP contribution in [0.1, 0.15) is 11.6 Å². The summed E-state index contributed by atoms with van der Waals surface area (Å²) in [6, 6.07) is 0.641. The van der Waals surface area contributed by atoms with E-state index in [0.717, 1.165) is 6.07 Å². The maximum absolute atomic E-state index is 13.3. The van der Waals surface area contributed by atoms with Crippen molar-refractivity contribution in [2.24, 2.45) is 5.73 Å². The quantitative estimate of drug-likeness (QED) is 0.602. The average molecular weight is 228 g/mol. The molecule has 5 heteroatoms. The largest absolute Gasteiger partial charge is 0.329 e. The van der Waals surface area contributed by atoms with Crippen molar-refractivity contribution in [1.29, 1.82) is 0 Å². The molecule has 1 unspecified atom stereocenters. The van der Waals surface area contributed by atoms with Crippen molar-refractivity contribution in [3.05, 3.63) is 35.1 Å². The molecular formula is C11H11F3N2. The van der Waals surface area contributed by atoms with Gasteiger partial charge in [0.15, 0.2) is 11.6 Å². The predicted octanol–water partition coefficient (Wildman–Crippen LogP) is 1.33. The van der Waals surface area contributed by atoms with Crippen LogP contribution in [0.3, 0.4) is 0 Å². The molecule has 86 valence electrons. The summed E-state index contributed by atoms with van der Waals surface area (Å²) < 4.78 is 38.9. The van der Waals surface area contributed by atoms with Crippen molar-refractivity contribution in [2.45, 2.75) is 6.04 Å². The molecular weight excluding hydrogens is 217 g/mol. The Balaban J connectivity index is 3.01. The van der Waals surface area contributed by atoms with Crippen LogP contribution in [0, 0.1) is 29.8 Å². The minimum atomic E-state index is -1.23. The first-order valence-corrected chi connectivity index (χ1v) is 4.61. The highest BCUT2D eigenvalue weighted by Crippen LogP contribution is 2.19. The molecule has 1 atom stereocenters. The van der Waals surface area contributed by atoms with Gasteiger partial charge >= 0.3 is 0 Å². The highest BCUT2D eigenvalue weighted by Gasteiger charge is 2.16. The lowest BCUT2D eigenvalue weighted by Crippen LogP contribution is -2.29. The van der Waals surface area contributed by atoms with Gasteiger partial charge in [0.05, 0.1) is 6.54 Å². The number of nitrogens with one attached hydrogen (secondary N) is 1. The Kier molecular flexibility index (Phi) is 4.35. The van der Waals surface area contributed by atoms with Gasteiger partial charge in [-0.05, 0) is 6.07 Å². The first kappa shape index (κ1) is 12.6. The van der Waals surface area contributed by atoms with Crippen LogP contribution in [0.4, 0.5) is 13.2 Å². The van der Waals surface area contributed by atoms with Crippen LogP contribution in [-0.4, -0.2) is 13.1 Å². The molecule has 0 radical (unpaired) electrons. The van der Waals surface area contributed by atoms with E-state index in [1.807, 2.05) is 0 Å². The third-order valence-corrected chi connectivity index (χ3v) is 2.10. The summed E-state index contributed by atoms with van der Waals surface area (Å²) in [6.07, 6.45) is 5.02. The van der Waals surface area contributed by atoms with Crippen molar-refractivity contribution in [3.8, 4) is 12.3 Å². The van der Waals surface area contributed by atoms with Gasteiger partial charge in [0, 0.05) is 24.2 Å². The summed E-state index contributed by atoms with van der Waals surface area (Å²) in [6.45, 7) is 0.198. The number of terminal acetylenes is 1. The second kappa shape index (κ2) is 5.54. The summed E-state index contributed by atoms with van der Waals surface area (Å²) in [5.41, 5.74) is 5.36. The third-order valence-electron chi connectivity index (χ3n) is 2.10. The van der Waals surface area contributed by atoms with E-state index >= 15 is 0 Å². The van der Waals surface area contributed by atoms with E-state index in [9.17, 15) is 13.2 Å². The molecule has 0 spiro atoms. The second-order valence-electron chi connectivity index (χ2n) is 3.16. The summed E-state index contributed by atoms with van der Waals surface area (Å²) in [5, 5.41) is 2.73. The molecule has 0 saturated heterocycles. The Morgan fingerprint density at radius 3 is 2.44 bits per heavy atom. The lowest BCUT2D eigenvalue weighted by molar-refractivity contribution is 0.474. The zero-order valence-electron chi connectivity index (χ0n) is 8.43. The second-order valence-corrected chi connectivity index (χ2v) is 3.16. The third kappa shape index (κ3) is 2.75. The van der Waals surface area contributed by atoms with Crippen LogP contribution in [0.15, 0.2) is 12.1 Å². The summed E-state index contributed by atoms with van der Waals surface area (Å²) in [4.78, 5) is 0. The molecule has 1 rings (SSSR count). The van der Waals surface area contributed by atoms with Gasteiger partial charge in [-0.3, -0.25) is 5.32 Å². The fourth-order valence-electron chi connectivity index (χ4n) is 1.31. The lowest BCUT2D eigenvalue weighted by Gasteiger charge is -2.16. The van der Waals surface area contributed by atoms with Crippen molar-refractivity contribution < 1.29 is 13.2 Å². The average Bonchev–Trinajstić information content (AvgIpc) is 2.26. The van der Waals surface area contributed by atoms with Crippen LogP contribution in [0.2, 0.25) is 0 Å². The van der Waals surface area contributed by atoms with Crippen molar-refractivity contribution in [3.63, 3.8) is 0 Å². The molecule has 1 aromatic rings. The van der Waals surface area contributed by atoms with Crippen LogP contribution < -0.4 is 11.1 Å². The zero-order chi connectivity index (χ0) is 12.1. The smallest absolute Gasteiger partial charge is 0.161 e. The van der Waals surface area contributed by atoms with E-state index in [1.54, 1.807) is 0 Å². The molecule has 1 aromatic carbocycles. The molecule has 3 N–H and O–H groups in total. The number of benzene rings is 1. The molecule has 0 aliphatic carbocycles. The molecule has 0 bridgehead atoms. The first-order valence-electron chi connectivity index (χ1n) is 4.61. The van der Waals surface area contributed by atoms with Crippen LogP contribution in [0.25, 0.3) is 0 Å². The number of hydrogen-bond donors (Lipinski definition) is 2. The lowest BCUT2D eigenvalue weighted by atomic mass is 10.1. The minimum absolute atomic E-state index is 0.0309. The molecule has 2 nitrogen and oxygen atoms in total. The van der Waals surface area contributed by atoms with Crippen LogP contribution in [0.5, 0.6) is 0 Å². The molecule has 0 amide bonds. The molecule has 0 aromatic heterocycles. The molecule has 0 heterocycles. The van der Waals surface area contributed by atoms with E-state index < -0.39 is 23.5 Å². The number of rotatable bonds is 4. The minimum Gasteiger partial charge on any atom is -0.329 e. The summed E-state index contributed by atoms with van der Waals surface area (Å²) >= 11 is 0. The van der Waals surface area contributed by atoms with Gasteiger partial charge in [-0.25, -0.2) is 13.2 Å². The molecule has 0 fully saturated rings. The standard InChI is InChI=1S/C11H11F3N2/c1-2-3-16-11(6-15)7-4-9(13)10(14)5-8(7)12/h1,4-5,11,16H,3,6,15H2. The van der Waals surface area contributed by atoms with E-state index in [0.29, 0.717) is 6.07 Å². The fraction of sp³-hybridized carbons (Fsp3) is 0.273. The summed E-state index contributed by atoms with van der Waals surface area (Å²) in [5.74, 6) is -0.899. The van der Waals surface area contributed by atoms with Crippen LogP contribution in [-0.2, 0) is 0 Å². The highest BCUT2D eigenvalue weighted by molar-refractivity contribution is 5.24. The maximum atomic E-state index is 13.3. The Hall–Kier alpha value is -1.51. The maximum Gasteiger partial charge on any atom is 0.161 e. The van der Waals surface area contributed by atoms with Gasteiger partial charge in [-0.15, -0.1) is 6.42 Å². The number of nitrogens with two attached hydrogens (primary N) is 1. The Morgan fingerprint density at radius 1 is 1.25 bits per heavy atom. The Bertz CT molecular complexity index is 412. The first-order chi connectivity index (χ1) is 7.60.